The summed E-state index contributed by atoms with van der Waals surface area (Å²) in [5, 5.41) is 17.5. The van der Waals surface area contributed by atoms with E-state index in [9.17, 15) is 5.11 Å². The molecule has 1 unspecified atom stereocenters. The third-order valence-electron chi connectivity index (χ3n) is 3.66. The van der Waals surface area contributed by atoms with Gasteiger partial charge in [0.1, 0.15) is 5.75 Å². The van der Waals surface area contributed by atoms with Crippen LogP contribution in [0.4, 0.5) is 0 Å². The molecule has 0 saturated carbocycles. The lowest BCUT2D eigenvalue weighted by Crippen LogP contribution is -2.41. The van der Waals surface area contributed by atoms with Gasteiger partial charge >= 0.3 is 0 Å². The summed E-state index contributed by atoms with van der Waals surface area (Å²) in [6.07, 6.45) is 3.18. The minimum absolute atomic E-state index is 0.107. The second-order valence-electron chi connectivity index (χ2n) is 6.49. The van der Waals surface area contributed by atoms with Crippen molar-refractivity contribution >= 4 is 5.97 Å². The molecule has 1 heterocycles. The molecule has 0 bridgehead atoms. The summed E-state index contributed by atoms with van der Waals surface area (Å²) in [7, 11) is 0. The van der Waals surface area contributed by atoms with Crippen molar-refractivity contribution in [2.24, 2.45) is 0 Å². The molecule has 0 aliphatic carbocycles. The van der Waals surface area contributed by atoms with Gasteiger partial charge in [-0.1, -0.05) is 12.1 Å². The van der Waals surface area contributed by atoms with Gasteiger partial charge in [-0.15, -0.1) is 0 Å². The van der Waals surface area contributed by atoms with Gasteiger partial charge in [0.05, 0.1) is 11.2 Å². The van der Waals surface area contributed by atoms with E-state index in [2.05, 4.69) is 20.8 Å². The number of carbonyl (C=O) groups is 1. The van der Waals surface area contributed by atoms with Gasteiger partial charge in [-0.2, -0.15) is 0 Å². The van der Waals surface area contributed by atoms with E-state index >= 15 is 0 Å². The van der Waals surface area contributed by atoms with E-state index in [1.165, 1.54) is 0 Å². The molecular formula is C17H26O4. The third kappa shape index (κ3) is 5.05. The fraction of sp³-hybridized carbons (Fsp3) is 0.588. The molecule has 0 amide bonds. The highest BCUT2D eigenvalue weighted by Gasteiger charge is 2.39. The summed E-state index contributed by atoms with van der Waals surface area (Å²) in [5.74, 6) is -0.481. The van der Waals surface area contributed by atoms with Crippen molar-refractivity contribution in [3.63, 3.8) is 0 Å². The number of hydrogen-bond donors (Lipinski definition) is 2. The van der Waals surface area contributed by atoms with Crippen LogP contribution in [-0.4, -0.2) is 21.8 Å². The van der Waals surface area contributed by atoms with Crippen molar-refractivity contribution < 1.29 is 19.7 Å². The number of phenolic OH excluding ortho intramolecular Hbond substituents is 1. The molecule has 1 saturated heterocycles. The number of aliphatic carboxylic acids is 1. The molecule has 2 N–H and O–H groups in total. The summed E-state index contributed by atoms with van der Waals surface area (Å²) in [4.78, 5) is 9.00. The van der Waals surface area contributed by atoms with Crippen LogP contribution in [0.15, 0.2) is 18.2 Å². The molecule has 118 valence electrons. The first-order valence-electron chi connectivity index (χ1n) is 7.25. The Hall–Kier alpha value is -1.55. The third-order valence-corrected chi connectivity index (χ3v) is 3.66. The van der Waals surface area contributed by atoms with Gasteiger partial charge < -0.3 is 14.9 Å². The van der Waals surface area contributed by atoms with E-state index in [4.69, 9.17) is 14.6 Å². The fourth-order valence-electron chi connectivity index (χ4n) is 2.84. The van der Waals surface area contributed by atoms with Gasteiger partial charge in [0.25, 0.3) is 5.97 Å². The molecule has 0 radical (unpaired) electrons. The summed E-state index contributed by atoms with van der Waals surface area (Å²) in [6, 6.07) is 5.84. The van der Waals surface area contributed by atoms with E-state index in [-0.39, 0.29) is 11.2 Å². The average Bonchev–Trinajstić information content (AvgIpc) is 2.25. The van der Waals surface area contributed by atoms with E-state index < -0.39 is 5.97 Å². The summed E-state index contributed by atoms with van der Waals surface area (Å²) < 4.78 is 6.21. The highest BCUT2D eigenvalue weighted by atomic mass is 16.5. The minimum Gasteiger partial charge on any atom is -0.508 e. The Kier molecular flexibility index (Phi) is 5.40. The van der Waals surface area contributed by atoms with Gasteiger partial charge in [0.2, 0.25) is 0 Å². The van der Waals surface area contributed by atoms with Gasteiger partial charge in [-0.25, -0.2) is 0 Å². The van der Waals surface area contributed by atoms with Gasteiger partial charge in [0, 0.05) is 12.5 Å². The van der Waals surface area contributed by atoms with Crippen LogP contribution >= 0.6 is 0 Å². The zero-order chi connectivity index (χ0) is 16.3. The number of carboxylic acid groups (broad SMARTS) is 1. The zero-order valence-electron chi connectivity index (χ0n) is 13.6. The van der Waals surface area contributed by atoms with Crippen LogP contribution in [0.5, 0.6) is 5.75 Å². The maximum atomic E-state index is 10.1. The van der Waals surface area contributed by atoms with E-state index in [0.717, 1.165) is 37.3 Å². The smallest absolute Gasteiger partial charge is 0.300 e. The van der Waals surface area contributed by atoms with Crippen molar-refractivity contribution in [3.8, 4) is 5.75 Å². The molecule has 0 aromatic heterocycles. The van der Waals surface area contributed by atoms with Crippen molar-refractivity contribution in [2.45, 2.75) is 65.1 Å². The molecule has 1 aliphatic heterocycles. The van der Waals surface area contributed by atoms with E-state index in [1.54, 1.807) is 0 Å². The molecular weight excluding hydrogens is 268 g/mol. The molecule has 4 heteroatoms. The van der Waals surface area contributed by atoms with Crippen LogP contribution in [0.25, 0.3) is 0 Å². The lowest BCUT2D eigenvalue weighted by atomic mass is 9.83. The number of hydrogen-bond acceptors (Lipinski definition) is 3. The molecule has 1 aliphatic rings. The molecule has 2 rings (SSSR count). The first kappa shape index (κ1) is 17.5. The molecule has 0 spiro atoms. The summed E-state index contributed by atoms with van der Waals surface area (Å²) in [5.41, 5.74) is 1.52. The molecule has 4 nitrogen and oxygen atoms in total. The van der Waals surface area contributed by atoms with Crippen LogP contribution in [0.3, 0.4) is 0 Å². The molecule has 1 atom stereocenters. The second-order valence-corrected chi connectivity index (χ2v) is 6.49. The van der Waals surface area contributed by atoms with Crippen molar-refractivity contribution in [1.29, 1.82) is 0 Å². The molecule has 1 fully saturated rings. The largest absolute Gasteiger partial charge is 0.508 e. The normalized spacial score (nSPS) is 23.9. The fourth-order valence-corrected chi connectivity index (χ4v) is 2.84. The number of ether oxygens (including phenoxy) is 1. The van der Waals surface area contributed by atoms with Crippen molar-refractivity contribution in [3.05, 3.63) is 29.3 Å². The standard InChI is InChI=1S/C15H22O2.C2H4O2/c1-11-6-7-12(13(16)10-11)15(4)9-5-8-14(2,3)17-15;1-2(3)4/h6-7,10,16H,5,8-9H2,1-4H3;1H3,(H,3,4). The Morgan fingerprint density at radius 1 is 1.24 bits per heavy atom. The van der Waals surface area contributed by atoms with Crippen LogP contribution in [0, 0.1) is 6.92 Å². The number of carboxylic acids is 1. The topological polar surface area (TPSA) is 66.8 Å². The molecule has 1 aromatic rings. The Morgan fingerprint density at radius 3 is 2.29 bits per heavy atom. The Bertz CT molecular complexity index is 504. The van der Waals surface area contributed by atoms with E-state index in [0.29, 0.717) is 5.75 Å². The number of benzene rings is 1. The maximum Gasteiger partial charge on any atom is 0.300 e. The SMILES string of the molecule is CC(=O)O.Cc1ccc(C2(C)CCCC(C)(C)O2)c(O)c1. The first-order chi connectivity index (χ1) is 9.56. The average molecular weight is 294 g/mol. The predicted octanol–water partition coefficient (Wildman–Crippen LogP) is 3.99. The number of rotatable bonds is 1. The van der Waals surface area contributed by atoms with Crippen LogP contribution in [0.1, 0.15) is 58.1 Å². The second kappa shape index (κ2) is 6.48. The van der Waals surface area contributed by atoms with Crippen LogP contribution in [-0.2, 0) is 15.1 Å². The van der Waals surface area contributed by atoms with Gasteiger partial charge in [0.15, 0.2) is 0 Å². The van der Waals surface area contributed by atoms with Gasteiger partial charge in [-0.05, 0) is 58.6 Å². The number of phenols is 1. The monoisotopic (exact) mass is 294 g/mol. The van der Waals surface area contributed by atoms with Crippen LogP contribution < -0.4 is 0 Å². The first-order valence-corrected chi connectivity index (χ1v) is 7.25. The maximum absolute atomic E-state index is 10.1. The lowest BCUT2D eigenvalue weighted by molar-refractivity contribution is -0.171. The summed E-state index contributed by atoms with van der Waals surface area (Å²) >= 11 is 0. The minimum atomic E-state index is -0.833. The van der Waals surface area contributed by atoms with Crippen LogP contribution in [0.2, 0.25) is 0 Å². The van der Waals surface area contributed by atoms with Crippen molar-refractivity contribution in [2.75, 3.05) is 0 Å². The number of aryl methyl sites for hydroxylation is 1. The Balaban J connectivity index is 0.000000491. The van der Waals surface area contributed by atoms with E-state index in [1.807, 2.05) is 25.1 Å². The zero-order valence-corrected chi connectivity index (χ0v) is 13.6. The Labute approximate surface area is 126 Å². The highest BCUT2D eigenvalue weighted by molar-refractivity contribution is 5.62. The Morgan fingerprint density at radius 2 is 1.81 bits per heavy atom. The predicted molar refractivity (Wildman–Crippen MR) is 82.5 cm³/mol. The number of aromatic hydroxyl groups is 1. The summed E-state index contributed by atoms with van der Waals surface area (Å²) in [6.45, 7) is 9.39. The molecule has 1 aromatic carbocycles. The highest BCUT2D eigenvalue weighted by Crippen LogP contribution is 2.44. The lowest BCUT2D eigenvalue weighted by Gasteiger charge is -2.44. The van der Waals surface area contributed by atoms with Crippen molar-refractivity contribution in [1.82, 2.24) is 0 Å². The van der Waals surface area contributed by atoms with Gasteiger partial charge in [-0.3, -0.25) is 4.79 Å². The molecule has 21 heavy (non-hydrogen) atoms. The quantitative estimate of drug-likeness (QED) is 0.822.